The summed E-state index contributed by atoms with van der Waals surface area (Å²) in [6.45, 7) is 6.35. The molecule has 1 aromatic heterocycles. The quantitative estimate of drug-likeness (QED) is 0.618. The molecule has 0 radical (unpaired) electrons. The van der Waals surface area contributed by atoms with Gasteiger partial charge in [-0.15, -0.1) is 5.10 Å². The molecule has 1 N–H and O–H groups in total. The second-order valence-electron chi connectivity index (χ2n) is 8.04. The predicted molar refractivity (Wildman–Crippen MR) is 114 cm³/mol. The molecule has 1 aliphatic heterocycles. The highest BCUT2D eigenvalue weighted by Gasteiger charge is 2.42. The number of hydrogen-bond donors (Lipinski definition) is 1. The van der Waals surface area contributed by atoms with Crippen LogP contribution in [0.2, 0.25) is 10.0 Å². The summed E-state index contributed by atoms with van der Waals surface area (Å²) in [5.74, 6) is 1.71. The lowest BCUT2D eigenvalue weighted by Gasteiger charge is -2.38. The average Bonchev–Trinajstić information content (AvgIpc) is 3.00. The second-order valence-corrected chi connectivity index (χ2v) is 9.94. The molecule has 8 heteroatoms. The first kappa shape index (κ1) is 19.8. The fraction of sp³-hybridized carbons (Fsp3) is 0.450. The average molecular weight is 437 g/mol. The number of fused-ring (bicyclic) bond motifs is 1. The van der Waals surface area contributed by atoms with Crippen LogP contribution in [0.1, 0.15) is 51.6 Å². The minimum atomic E-state index is -0.400. The van der Waals surface area contributed by atoms with E-state index in [1.54, 1.807) is 28.6 Å². The fourth-order valence-electron chi connectivity index (χ4n) is 3.85. The maximum atomic E-state index is 13.2. The van der Waals surface area contributed by atoms with Gasteiger partial charge >= 0.3 is 0 Å². The Morgan fingerprint density at radius 3 is 2.82 bits per heavy atom. The molecule has 0 saturated carbocycles. The van der Waals surface area contributed by atoms with Gasteiger partial charge in [0.05, 0.1) is 0 Å². The number of carbonyl (C=O) groups excluding carboxylic acids is 1. The number of Topliss-reactive ketones (excluding diaryl/α,β-unsaturated/α-hetero) is 1. The van der Waals surface area contributed by atoms with E-state index in [9.17, 15) is 4.79 Å². The van der Waals surface area contributed by atoms with Gasteiger partial charge in [0.25, 0.3) is 0 Å². The molecule has 5 nitrogen and oxygen atoms in total. The smallest absolute Gasteiger partial charge is 0.227 e. The third-order valence-corrected chi connectivity index (χ3v) is 6.61. The predicted octanol–water partition coefficient (Wildman–Crippen LogP) is 5.75. The third kappa shape index (κ3) is 3.58. The molecule has 0 bridgehead atoms. The van der Waals surface area contributed by atoms with Crippen LogP contribution in [0, 0.1) is 5.41 Å². The molecule has 28 heavy (non-hydrogen) atoms. The van der Waals surface area contributed by atoms with E-state index < -0.39 is 6.04 Å². The lowest BCUT2D eigenvalue weighted by molar-refractivity contribution is -0.118. The molecular weight excluding hydrogens is 415 g/mol. The molecule has 0 spiro atoms. The van der Waals surface area contributed by atoms with Gasteiger partial charge < -0.3 is 5.32 Å². The zero-order valence-electron chi connectivity index (χ0n) is 16.1. The van der Waals surface area contributed by atoms with Crippen LogP contribution >= 0.6 is 35.0 Å². The van der Waals surface area contributed by atoms with Gasteiger partial charge in [0.15, 0.2) is 5.78 Å². The first-order valence-corrected chi connectivity index (χ1v) is 11.1. The molecule has 148 valence electrons. The van der Waals surface area contributed by atoms with Crippen LogP contribution < -0.4 is 5.32 Å². The summed E-state index contributed by atoms with van der Waals surface area (Å²) in [6, 6.07) is 4.98. The topological polar surface area (TPSA) is 59.8 Å². The Kier molecular flexibility index (Phi) is 5.23. The third-order valence-electron chi connectivity index (χ3n) is 5.00. The van der Waals surface area contributed by atoms with Crippen molar-refractivity contribution < 1.29 is 4.79 Å². The minimum Gasteiger partial charge on any atom is -0.328 e. The number of hydrogen-bond acceptors (Lipinski definition) is 5. The number of carbonyl (C=O) groups is 1. The molecule has 0 saturated heterocycles. The summed E-state index contributed by atoms with van der Waals surface area (Å²) < 4.78 is 1.79. The summed E-state index contributed by atoms with van der Waals surface area (Å²) >= 11 is 14.3. The molecule has 0 amide bonds. The molecule has 1 atom stereocenters. The van der Waals surface area contributed by atoms with Gasteiger partial charge in [0, 0.05) is 39.1 Å². The first-order valence-electron chi connectivity index (χ1n) is 9.36. The van der Waals surface area contributed by atoms with Crippen LogP contribution in [0.3, 0.4) is 0 Å². The van der Waals surface area contributed by atoms with Gasteiger partial charge in [-0.25, -0.2) is 4.68 Å². The number of nitrogens with one attached hydrogen (secondary N) is 1. The Labute approximate surface area is 178 Å². The molecule has 2 aromatic rings. The summed E-state index contributed by atoms with van der Waals surface area (Å²) in [5, 5.41) is 9.86. The molecule has 0 fully saturated rings. The molecule has 4 rings (SSSR count). The van der Waals surface area contributed by atoms with E-state index in [1.165, 1.54) is 0 Å². The van der Waals surface area contributed by atoms with Crippen molar-refractivity contribution in [1.29, 1.82) is 0 Å². The minimum absolute atomic E-state index is 0.0980. The van der Waals surface area contributed by atoms with Crippen molar-refractivity contribution in [3.63, 3.8) is 0 Å². The van der Waals surface area contributed by atoms with Crippen molar-refractivity contribution in [2.24, 2.45) is 5.41 Å². The Bertz CT molecular complexity index is 983. The largest absolute Gasteiger partial charge is 0.328 e. The Morgan fingerprint density at radius 2 is 2.11 bits per heavy atom. The maximum Gasteiger partial charge on any atom is 0.227 e. The highest BCUT2D eigenvalue weighted by Crippen LogP contribution is 2.47. The van der Waals surface area contributed by atoms with Crippen molar-refractivity contribution in [2.45, 2.75) is 51.2 Å². The van der Waals surface area contributed by atoms with Gasteiger partial charge in [0.2, 0.25) is 11.1 Å². The number of allylic oxidation sites excluding steroid dienone is 2. The van der Waals surface area contributed by atoms with Crippen LogP contribution in [-0.2, 0) is 4.79 Å². The number of thioether (sulfide) groups is 1. The van der Waals surface area contributed by atoms with Crippen molar-refractivity contribution in [2.75, 3.05) is 11.1 Å². The molecule has 1 aliphatic carbocycles. The Balaban J connectivity index is 1.87. The zero-order valence-corrected chi connectivity index (χ0v) is 18.4. The van der Waals surface area contributed by atoms with Crippen molar-refractivity contribution in [1.82, 2.24) is 14.8 Å². The maximum absolute atomic E-state index is 13.2. The van der Waals surface area contributed by atoms with Gasteiger partial charge in [0.1, 0.15) is 6.04 Å². The van der Waals surface area contributed by atoms with E-state index in [0.717, 1.165) is 35.4 Å². The van der Waals surface area contributed by atoms with Gasteiger partial charge in [-0.05, 0) is 30.4 Å². The number of benzene rings is 1. The summed E-state index contributed by atoms with van der Waals surface area (Å²) in [5.41, 5.74) is 2.36. The van der Waals surface area contributed by atoms with Gasteiger partial charge in [-0.3, -0.25) is 4.79 Å². The lowest BCUT2D eigenvalue weighted by atomic mass is 9.73. The summed E-state index contributed by atoms with van der Waals surface area (Å²) in [6.07, 6.45) is 2.31. The second kappa shape index (κ2) is 7.39. The van der Waals surface area contributed by atoms with Crippen LogP contribution in [-0.4, -0.2) is 26.3 Å². The van der Waals surface area contributed by atoms with Gasteiger partial charge in [-0.1, -0.05) is 61.8 Å². The molecule has 2 aliphatic rings. The SMILES string of the molecule is CCCSc1nc2n(n1)C(c1ccc(Cl)cc1Cl)C1=C(CC(C)(C)CC1=O)N2. The monoisotopic (exact) mass is 436 g/mol. The Morgan fingerprint density at radius 1 is 1.32 bits per heavy atom. The van der Waals surface area contributed by atoms with Crippen LogP contribution in [0.15, 0.2) is 34.6 Å². The number of nitrogens with zero attached hydrogens (tertiary/aromatic N) is 3. The Hall–Kier alpha value is -1.50. The summed E-state index contributed by atoms with van der Waals surface area (Å²) in [4.78, 5) is 17.8. The number of aromatic nitrogens is 3. The summed E-state index contributed by atoms with van der Waals surface area (Å²) in [7, 11) is 0. The van der Waals surface area contributed by atoms with E-state index in [-0.39, 0.29) is 11.2 Å². The van der Waals surface area contributed by atoms with E-state index in [2.05, 4.69) is 31.1 Å². The molecule has 1 aromatic carbocycles. The van der Waals surface area contributed by atoms with Crippen LogP contribution in [0.5, 0.6) is 0 Å². The highest BCUT2D eigenvalue weighted by atomic mass is 35.5. The van der Waals surface area contributed by atoms with Crippen LogP contribution in [0.4, 0.5) is 5.95 Å². The normalized spacial score (nSPS) is 20.6. The fourth-order valence-corrected chi connectivity index (χ4v) is 5.05. The van der Waals surface area contributed by atoms with Crippen molar-refractivity contribution >= 4 is 46.7 Å². The number of halogens is 2. The number of ketones is 1. The van der Waals surface area contributed by atoms with E-state index in [4.69, 9.17) is 28.3 Å². The molecular formula is C20H22Cl2N4OS. The van der Waals surface area contributed by atoms with E-state index in [0.29, 0.717) is 27.6 Å². The lowest BCUT2D eigenvalue weighted by Crippen LogP contribution is -2.36. The number of rotatable bonds is 4. The van der Waals surface area contributed by atoms with Crippen molar-refractivity contribution in [3.8, 4) is 0 Å². The standard InChI is InChI=1S/C20H22Cl2N4OS/c1-4-7-28-19-24-18-23-14-9-20(2,3)10-15(27)16(14)17(26(18)25-19)12-6-5-11(21)8-13(12)22/h5-6,8,17H,4,7,9-10H2,1-3H3,(H,23,24,25). The van der Waals surface area contributed by atoms with E-state index >= 15 is 0 Å². The first-order chi connectivity index (χ1) is 13.3. The van der Waals surface area contributed by atoms with Crippen molar-refractivity contribution in [3.05, 3.63) is 45.1 Å². The molecule has 1 unspecified atom stereocenters. The van der Waals surface area contributed by atoms with Gasteiger partial charge in [-0.2, -0.15) is 4.98 Å². The highest BCUT2D eigenvalue weighted by molar-refractivity contribution is 7.99. The van der Waals surface area contributed by atoms with E-state index in [1.807, 2.05) is 6.07 Å². The van der Waals surface area contributed by atoms with Crippen LogP contribution in [0.25, 0.3) is 0 Å². The molecule has 2 heterocycles. The zero-order chi connectivity index (χ0) is 20.1. The number of anilines is 1.